The second-order valence-corrected chi connectivity index (χ2v) is 2.88. The van der Waals surface area contributed by atoms with Crippen LogP contribution in [0.3, 0.4) is 0 Å². The maximum Gasteiger partial charge on any atom is 0.384 e. The summed E-state index contributed by atoms with van der Waals surface area (Å²) in [7, 11) is 1.32. The summed E-state index contributed by atoms with van der Waals surface area (Å²) < 4.78 is 4.36. The van der Waals surface area contributed by atoms with E-state index in [2.05, 4.69) is 16.6 Å². The molecule has 0 bridgehead atoms. The lowest BCUT2D eigenvalue weighted by Crippen LogP contribution is -1.94. The third-order valence-electron chi connectivity index (χ3n) is 1.25. The van der Waals surface area contributed by atoms with Crippen LogP contribution in [-0.2, 0) is 16.0 Å². The third kappa shape index (κ3) is 2.77. The van der Waals surface area contributed by atoms with Crippen molar-refractivity contribution in [2.45, 2.75) is 6.42 Å². The van der Waals surface area contributed by atoms with Gasteiger partial charge in [0.1, 0.15) is 0 Å². The molecule has 2 nitrogen and oxygen atoms in total. The van der Waals surface area contributed by atoms with Crippen LogP contribution in [0.4, 0.5) is 0 Å². The summed E-state index contributed by atoms with van der Waals surface area (Å²) in [6, 6.07) is 1.98. The van der Waals surface area contributed by atoms with Crippen molar-refractivity contribution < 1.29 is 9.53 Å². The zero-order chi connectivity index (χ0) is 8.81. The number of methoxy groups -OCH3 is 1. The van der Waals surface area contributed by atoms with Gasteiger partial charge in [-0.2, -0.15) is 11.3 Å². The van der Waals surface area contributed by atoms with E-state index in [0.717, 1.165) is 5.56 Å². The number of hydrogen-bond donors (Lipinski definition) is 0. The fourth-order valence-electron chi connectivity index (χ4n) is 0.663. The van der Waals surface area contributed by atoms with Crippen molar-refractivity contribution in [2.75, 3.05) is 7.11 Å². The highest BCUT2D eigenvalue weighted by atomic mass is 32.1. The highest BCUT2D eigenvalue weighted by Gasteiger charge is 1.90. The minimum Gasteiger partial charge on any atom is -0.459 e. The van der Waals surface area contributed by atoms with Gasteiger partial charge in [0, 0.05) is 12.3 Å². The number of carbonyl (C=O) groups excluding carboxylic acids is 1. The van der Waals surface area contributed by atoms with Gasteiger partial charge in [0.15, 0.2) is 0 Å². The zero-order valence-corrected chi connectivity index (χ0v) is 7.48. The van der Waals surface area contributed by atoms with Gasteiger partial charge in [-0.15, -0.1) is 0 Å². The maximum atomic E-state index is 10.5. The largest absolute Gasteiger partial charge is 0.459 e. The molecule has 0 aromatic carbocycles. The van der Waals surface area contributed by atoms with Crippen LogP contribution in [-0.4, -0.2) is 13.1 Å². The molecule has 0 unspecified atom stereocenters. The first kappa shape index (κ1) is 8.82. The van der Waals surface area contributed by atoms with Crippen LogP contribution in [0.15, 0.2) is 16.8 Å². The minimum atomic E-state index is -0.481. The Morgan fingerprint density at radius 2 is 2.58 bits per heavy atom. The van der Waals surface area contributed by atoms with Crippen molar-refractivity contribution in [1.82, 2.24) is 0 Å². The average molecular weight is 180 g/mol. The standard InChI is InChI=1S/C9H8O2S/c1-11-9(10)4-2-3-8-5-6-12-7-8/h5-7H,3H2,1H3. The molecular formula is C9H8O2S. The van der Waals surface area contributed by atoms with E-state index in [9.17, 15) is 4.79 Å². The van der Waals surface area contributed by atoms with E-state index >= 15 is 0 Å². The summed E-state index contributed by atoms with van der Waals surface area (Å²) in [4.78, 5) is 10.5. The molecule has 0 atom stereocenters. The Kier molecular flexibility index (Phi) is 3.36. The summed E-state index contributed by atoms with van der Waals surface area (Å²) >= 11 is 1.62. The molecule has 0 N–H and O–H groups in total. The molecule has 0 spiro atoms. The summed E-state index contributed by atoms with van der Waals surface area (Å²) in [6.07, 6.45) is 0.610. The van der Waals surface area contributed by atoms with Crippen LogP contribution in [0.25, 0.3) is 0 Å². The molecule has 1 heterocycles. The second kappa shape index (κ2) is 4.58. The molecule has 0 amide bonds. The van der Waals surface area contributed by atoms with E-state index in [0.29, 0.717) is 6.42 Å². The second-order valence-electron chi connectivity index (χ2n) is 2.10. The maximum absolute atomic E-state index is 10.5. The van der Waals surface area contributed by atoms with E-state index in [1.807, 2.05) is 16.8 Å². The van der Waals surface area contributed by atoms with Gasteiger partial charge in [-0.25, -0.2) is 4.79 Å². The van der Waals surface area contributed by atoms with E-state index in [1.54, 1.807) is 11.3 Å². The topological polar surface area (TPSA) is 26.3 Å². The lowest BCUT2D eigenvalue weighted by atomic mass is 10.2. The molecule has 1 aromatic rings. The molecule has 0 aliphatic rings. The third-order valence-corrected chi connectivity index (χ3v) is 1.98. The molecule has 0 fully saturated rings. The highest BCUT2D eigenvalue weighted by Crippen LogP contribution is 2.05. The van der Waals surface area contributed by atoms with Crippen molar-refractivity contribution in [2.24, 2.45) is 0 Å². The van der Waals surface area contributed by atoms with Gasteiger partial charge >= 0.3 is 5.97 Å². The quantitative estimate of drug-likeness (QED) is 0.371. The monoisotopic (exact) mass is 180 g/mol. The van der Waals surface area contributed by atoms with Crippen molar-refractivity contribution in [3.8, 4) is 11.8 Å². The Balaban J connectivity index is 2.43. The molecular weight excluding hydrogens is 172 g/mol. The Morgan fingerprint density at radius 1 is 1.75 bits per heavy atom. The number of esters is 1. The number of hydrogen-bond acceptors (Lipinski definition) is 3. The van der Waals surface area contributed by atoms with Crippen LogP contribution < -0.4 is 0 Å². The van der Waals surface area contributed by atoms with Crippen LogP contribution in [0, 0.1) is 11.8 Å². The molecule has 0 saturated carbocycles. The van der Waals surface area contributed by atoms with Crippen LogP contribution >= 0.6 is 11.3 Å². The Bertz CT molecular complexity index is 303. The average Bonchev–Trinajstić information content (AvgIpc) is 2.57. The van der Waals surface area contributed by atoms with Gasteiger partial charge in [-0.1, -0.05) is 5.92 Å². The van der Waals surface area contributed by atoms with Crippen molar-refractivity contribution in [1.29, 1.82) is 0 Å². The lowest BCUT2D eigenvalue weighted by Gasteiger charge is -1.85. The number of ether oxygens (including phenoxy) is 1. The Hall–Kier alpha value is -1.27. The van der Waals surface area contributed by atoms with E-state index < -0.39 is 5.97 Å². The molecule has 0 saturated heterocycles. The van der Waals surface area contributed by atoms with Gasteiger partial charge in [-0.05, 0) is 22.4 Å². The normalized spacial score (nSPS) is 8.42. The smallest absolute Gasteiger partial charge is 0.384 e. The van der Waals surface area contributed by atoms with Gasteiger partial charge in [0.25, 0.3) is 0 Å². The van der Waals surface area contributed by atoms with Gasteiger partial charge < -0.3 is 4.74 Å². The fraction of sp³-hybridized carbons (Fsp3) is 0.222. The predicted molar refractivity (Wildman–Crippen MR) is 47.8 cm³/mol. The fourth-order valence-corrected chi connectivity index (χ4v) is 1.33. The predicted octanol–water partition coefficient (Wildman–Crippen LogP) is 1.47. The molecule has 3 heteroatoms. The first-order chi connectivity index (χ1) is 5.83. The van der Waals surface area contributed by atoms with Gasteiger partial charge in [0.2, 0.25) is 0 Å². The van der Waals surface area contributed by atoms with Crippen molar-refractivity contribution >= 4 is 17.3 Å². The van der Waals surface area contributed by atoms with E-state index in [-0.39, 0.29) is 0 Å². The number of carbonyl (C=O) groups is 1. The highest BCUT2D eigenvalue weighted by molar-refractivity contribution is 7.07. The molecule has 0 aliphatic heterocycles. The van der Waals surface area contributed by atoms with Crippen LogP contribution in [0.2, 0.25) is 0 Å². The molecule has 62 valence electrons. The summed E-state index contributed by atoms with van der Waals surface area (Å²) in [5.41, 5.74) is 1.14. The van der Waals surface area contributed by atoms with Gasteiger partial charge in [-0.3, -0.25) is 0 Å². The molecule has 1 aromatic heterocycles. The van der Waals surface area contributed by atoms with Crippen molar-refractivity contribution in [3.63, 3.8) is 0 Å². The summed E-state index contributed by atoms with van der Waals surface area (Å²) in [5, 5.41) is 3.99. The van der Waals surface area contributed by atoms with Gasteiger partial charge in [0.05, 0.1) is 7.11 Å². The Labute approximate surface area is 75.2 Å². The first-order valence-corrected chi connectivity index (χ1v) is 4.35. The van der Waals surface area contributed by atoms with Crippen LogP contribution in [0.1, 0.15) is 5.56 Å². The zero-order valence-electron chi connectivity index (χ0n) is 6.66. The van der Waals surface area contributed by atoms with E-state index in [4.69, 9.17) is 0 Å². The molecule has 0 aliphatic carbocycles. The van der Waals surface area contributed by atoms with Crippen molar-refractivity contribution in [3.05, 3.63) is 22.4 Å². The first-order valence-electron chi connectivity index (χ1n) is 3.41. The summed E-state index contributed by atoms with van der Waals surface area (Å²) in [5.74, 6) is 4.60. The van der Waals surface area contributed by atoms with Crippen LogP contribution in [0.5, 0.6) is 0 Å². The number of rotatable bonds is 1. The molecule has 0 radical (unpaired) electrons. The van der Waals surface area contributed by atoms with E-state index in [1.165, 1.54) is 7.11 Å². The lowest BCUT2D eigenvalue weighted by molar-refractivity contribution is -0.133. The number of thiophene rings is 1. The Morgan fingerprint density at radius 3 is 3.17 bits per heavy atom. The SMILES string of the molecule is COC(=O)C#CCc1ccsc1. The summed E-state index contributed by atoms with van der Waals surface area (Å²) in [6.45, 7) is 0. The molecule has 1 rings (SSSR count). The molecule has 12 heavy (non-hydrogen) atoms. The minimum absolute atomic E-state index is 0.481.